The number of hydrogen-bond donors (Lipinski definition) is 2. The number of methoxy groups -OCH3 is 1. The molecule has 3 heterocycles. The van der Waals surface area contributed by atoms with Gasteiger partial charge in [-0.25, -0.2) is 13.9 Å². The highest BCUT2D eigenvalue weighted by molar-refractivity contribution is 5.76. The van der Waals surface area contributed by atoms with Gasteiger partial charge in [-0.2, -0.15) is 10.2 Å². The van der Waals surface area contributed by atoms with Crippen LogP contribution in [-0.2, 0) is 0 Å². The zero-order chi connectivity index (χ0) is 18.1. The van der Waals surface area contributed by atoms with E-state index in [9.17, 15) is 4.39 Å². The van der Waals surface area contributed by atoms with E-state index in [1.807, 2.05) is 19.2 Å². The Bertz CT molecular complexity index is 1040. The number of aromatic amines is 1. The molecule has 1 atom stereocenters. The van der Waals surface area contributed by atoms with E-state index in [0.29, 0.717) is 17.2 Å². The third-order valence-corrected chi connectivity index (χ3v) is 4.20. The standard InChI is InChI=1S/C18H17FN6O/c1-11(14-7-13(19)3-4-16(14)26-2)23-17-5-6-25-18(24-17)15(10-22-25)12-8-20-21-9-12/h3-11H,1-2H3,(H,20,21)(H,23,24). The molecule has 0 fully saturated rings. The molecule has 0 aliphatic carbocycles. The fourth-order valence-electron chi connectivity index (χ4n) is 2.89. The predicted octanol–water partition coefficient (Wildman–Crippen LogP) is 3.44. The molecular weight excluding hydrogens is 335 g/mol. The fraction of sp³-hybridized carbons (Fsp3) is 0.167. The van der Waals surface area contributed by atoms with Gasteiger partial charge in [0, 0.05) is 29.1 Å². The Morgan fingerprint density at radius 1 is 1.27 bits per heavy atom. The van der Waals surface area contributed by atoms with Crippen molar-refractivity contribution in [2.75, 3.05) is 12.4 Å². The number of anilines is 1. The quantitative estimate of drug-likeness (QED) is 0.575. The zero-order valence-corrected chi connectivity index (χ0v) is 14.3. The molecule has 4 aromatic rings. The van der Waals surface area contributed by atoms with Crippen LogP contribution in [0.5, 0.6) is 5.75 Å². The molecule has 4 rings (SSSR count). The van der Waals surface area contributed by atoms with Gasteiger partial charge in [0.1, 0.15) is 17.4 Å². The van der Waals surface area contributed by atoms with Crippen LogP contribution in [-0.4, -0.2) is 31.9 Å². The molecule has 0 amide bonds. The summed E-state index contributed by atoms with van der Waals surface area (Å²) in [6, 6.07) is 6.08. The summed E-state index contributed by atoms with van der Waals surface area (Å²) in [6.45, 7) is 1.93. The van der Waals surface area contributed by atoms with E-state index in [-0.39, 0.29) is 11.9 Å². The molecule has 0 aliphatic heterocycles. The predicted molar refractivity (Wildman–Crippen MR) is 95.6 cm³/mol. The van der Waals surface area contributed by atoms with E-state index in [1.165, 1.54) is 12.1 Å². The van der Waals surface area contributed by atoms with Gasteiger partial charge in [-0.1, -0.05) is 0 Å². The molecule has 1 aromatic carbocycles. The molecule has 132 valence electrons. The average molecular weight is 352 g/mol. The van der Waals surface area contributed by atoms with Crippen LogP contribution < -0.4 is 10.1 Å². The van der Waals surface area contributed by atoms with E-state index < -0.39 is 0 Å². The lowest BCUT2D eigenvalue weighted by Gasteiger charge is -2.18. The number of benzene rings is 1. The number of nitrogens with one attached hydrogen (secondary N) is 2. The molecule has 0 bridgehead atoms. The summed E-state index contributed by atoms with van der Waals surface area (Å²) in [5.41, 5.74) is 3.20. The normalized spacial score (nSPS) is 12.3. The Labute approximate surface area is 148 Å². The van der Waals surface area contributed by atoms with Gasteiger partial charge in [0.25, 0.3) is 0 Å². The molecule has 0 aliphatic rings. The van der Waals surface area contributed by atoms with Crippen molar-refractivity contribution in [3.05, 3.63) is 60.4 Å². The molecule has 26 heavy (non-hydrogen) atoms. The molecule has 3 aromatic heterocycles. The molecule has 8 heteroatoms. The van der Waals surface area contributed by atoms with Crippen molar-refractivity contribution in [2.24, 2.45) is 0 Å². The minimum absolute atomic E-state index is 0.198. The van der Waals surface area contributed by atoms with E-state index in [1.54, 1.807) is 36.3 Å². The summed E-state index contributed by atoms with van der Waals surface area (Å²) in [4.78, 5) is 4.65. The third kappa shape index (κ3) is 2.85. The first kappa shape index (κ1) is 16.1. The number of H-pyrrole nitrogens is 1. The first-order valence-corrected chi connectivity index (χ1v) is 8.09. The summed E-state index contributed by atoms with van der Waals surface area (Å²) in [7, 11) is 1.57. The Morgan fingerprint density at radius 3 is 2.92 bits per heavy atom. The van der Waals surface area contributed by atoms with Crippen molar-refractivity contribution < 1.29 is 9.13 Å². The lowest BCUT2D eigenvalue weighted by molar-refractivity contribution is 0.406. The van der Waals surface area contributed by atoms with Gasteiger partial charge in [0.2, 0.25) is 0 Å². The topological polar surface area (TPSA) is 80.1 Å². The van der Waals surface area contributed by atoms with Crippen LogP contribution in [0.3, 0.4) is 0 Å². The third-order valence-electron chi connectivity index (χ3n) is 4.20. The average Bonchev–Trinajstić information content (AvgIpc) is 3.30. The first-order chi connectivity index (χ1) is 12.7. The Morgan fingerprint density at radius 2 is 2.15 bits per heavy atom. The lowest BCUT2D eigenvalue weighted by atomic mass is 10.1. The van der Waals surface area contributed by atoms with Gasteiger partial charge in [-0.3, -0.25) is 5.10 Å². The summed E-state index contributed by atoms with van der Waals surface area (Å²) >= 11 is 0. The lowest BCUT2D eigenvalue weighted by Crippen LogP contribution is -2.10. The minimum Gasteiger partial charge on any atom is -0.496 e. The van der Waals surface area contributed by atoms with Crippen LogP contribution in [0, 0.1) is 5.82 Å². The molecule has 0 spiro atoms. The molecule has 2 N–H and O–H groups in total. The van der Waals surface area contributed by atoms with Crippen LogP contribution in [0.2, 0.25) is 0 Å². The Balaban J connectivity index is 1.67. The Kier molecular flexibility index (Phi) is 4.00. The van der Waals surface area contributed by atoms with Gasteiger partial charge in [0.05, 0.1) is 25.5 Å². The minimum atomic E-state index is -0.309. The maximum Gasteiger partial charge on any atom is 0.165 e. The second-order valence-electron chi connectivity index (χ2n) is 5.88. The van der Waals surface area contributed by atoms with Crippen molar-refractivity contribution in [1.29, 1.82) is 0 Å². The van der Waals surface area contributed by atoms with E-state index in [0.717, 1.165) is 16.7 Å². The Hall–Kier alpha value is -3.42. The number of aromatic nitrogens is 5. The number of nitrogens with zero attached hydrogens (tertiary/aromatic N) is 4. The fourth-order valence-corrected chi connectivity index (χ4v) is 2.89. The SMILES string of the molecule is COc1ccc(F)cc1C(C)Nc1ccn2ncc(-c3cn[nH]c3)c2n1. The van der Waals surface area contributed by atoms with Gasteiger partial charge in [0.15, 0.2) is 5.65 Å². The monoisotopic (exact) mass is 352 g/mol. The maximum atomic E-state index is 13.6. The van der Waals surface area contributed by atoms with Crippen LogP contribution in [0.15, 0.2) is 49.1 Å². The zero-order valence-electron chi connectivity index (χ0n) is 14.3. The summed E-state index contributed by atoms with van der Waals surface area (Å²) in [5.74, 6) is 0.966. The van der Waals surface area contributed by atoms with Crippen molar-refractivity contribution in [2.45, 2.75) is 13.0 Å². The van der Waals surface area contributed by atoms with E-state index in [4.69, 9.17) is 4.74 Å². The second-order valence-corrected chi connectivity index (χ2v) is 5.88. The van der Waals surface area contributed by atoms with Gasteiger partial charge >= 0.3 is 0 Å². The smallest absolute Gasteiger partial charge is 0.165 e. The maximum absolute atomic E-state index is 13.6. The summed E-state index contributed by atoms with van der Waals surface area (Å²) in [5, 5.41) is 14.4. The van der Waals surface area contributed by atoms with Crippen molar-refractivity contribution in [1.82, 2.24) is 24.8 Å². The second kappa shape index (κ2) is 6.47. The van der Waals surface area contributed by atoms with Crippen molar-refractivity contribution in [3.8, 4) is 16.9 Å². The van der Waals surface area contributed by atoms with Crippen molar-refractivity contribution in [3.63, 3.8) is 0 Å². The van der Waals surface area contributed by atoms with Crippen LogP contribution in [0.4, 0.5) is 10.2 Å². The molecule has 0 saturated heterocycles. The van der Waals surface area contributed by atoms with E-state index >= 15 is 0 Å². The molecular formula is C18H17FN6O. The molecule has 0 radical (unpaired) electrons. The summed E-state index contributed by atoms with van der Waals surface area (Å²) < 4.78 is 20.7. The van der Waals surface area contributed by atoms with Crippen LogP contribution in [0.25, 0.3) is 16.8 Å². The van der Waals surface area contributed by atoms with Crippen LogP contribution >= 0.6 is 0 Å². The highest BCUT2D eigenvalue weighted by Crippen LogP contribution is 2.29. The van der Waals surface area contributed by atoms with Gasteiger partial charge < -0.3 is 10.1 Å². The number of rotatable bonds is 5. The van der Waals surface area contributed by atoms with Crippen LogP contribution in [0.1, 0.15) is 18.5 Å². The molecule has 0 saturated carbocycles. The molecule has 1 unspecified atom stereocenters. The van der Waals surface area contributed by atoms with E-state index in [2.05, 4.69) is 25.6 Å². The van der Waals surface area contributed by atoms with Gasteiger partial charge in [-0.05, 0) is 31.2 Å². The summed E-state index contributed by atoms with van der Waals surface area (Å²) in [6.07, 6.45) is 7.08. The highest BCUT2D eigenvalue weighted by atomic mass is 19.1. The molecule has 7 nitrogen and oxygen atoms in total. The highest BCUT2D eigenvalue weighted by Gasteiger charge is 2.15. The van der Waals surface area contributed by atoms with Crippen molar-refractivity contribution >= 4 is 11.5 Å². The number of fused-ring (bicyclic) bond motifs is 1. The first-order valence-electron chi connectivity index (χ1n) is 8.09. The number of halogens is 1. The number of hydrogen-bond acceptors (Lipinski definition) is 5. The number of ether oxygens (including phenoxy) is 1. The van der Waals surface area contributed by atoms with Gasteiger partial charge in [-0.15, -0.1) is 0 Å². The largest absolute Gasteiger partial charge is 0.496 e.